The molecule has 2 amide bonds. The van der Waals surface area contributed by atoms with Crippen LogP contribution >= 0.6 is 0 Å². The van der Waals surface area contributed by atoms with Gasteiger partial charge in [-0.25, -0.2) is 5.43 Å². The lowest BCUT2D eigenvalue weighted by Crippen LogP contribution is -2.35. The number of rotatable bonds is 9. The number of nitrogens with zero attached hydrogens (tertiary/aromatic N) is 2. The van der Waals surface area contributed by atoms with Gasteiger partial charge in [0.2, 0.25) is 0 Å². The minimum absolute atomic E-state index is 0.185. The summed E-state index contributed by atoms with van der Waals surface area (Å²) < 4.78 is 5.14. The molecule has 2 aromatic rings. The number of carbonyl (C=O) groups excluding carboxylic acids is 2. The molecule has 0 aliphatic rings. The first-order valence-corrected chi connectivity index (χ1v) is 9.17. The van der Waals surface area contributed by atoms with Crippen molar-refractivity contribution >= 4 is 23.7 Å². The zero-order valence-electron chi connectivity index (χ0n) is 16.4. The Labute approximate surface area is 165 Å². The predicted molar refractivity (Wildman–Crippen MR) is 111 cm³/mol. The van der Waals surface area contributed by atoms with E-state index in [1.807, 2.05) is 24.3 Å². The second kappa shape index (κ2) is 10.7. The maximum Gasteiger partial charge on any atom is 0.259 e. The van der Waals surface area contributed by atoms with Crippen molar-refractivity contribution in [3.8, 4) is 5.75 Å². The van der Waals surface area contributed by atoms with Gasteiger partial charge in [-0.05, 0) is 43.7 Å². The number of para-hydroxylation sites is 1. The molecule has 0 atom stereocenters. The SMILES string of the molecule is CCN(CC)c1ccc(C=NNC(=O)CNC(=O)c2ccccc2OC)cc1. The Morgan fingerprint density at radius 1 is 1.07 bits per heavy atom. The van der Waals surface area contributed by atoms with Crippen molar-refractivity contribution in [2.75, 3.05) is 31.6 Å². The molecule has 2 rings (SSSR count). The Balaban J connectivity index is 1.82. The molecule has 0 fully saturated rings. The van der Waals surface area contributed by atoms with Crippen LogP contribution in [0.5, 0.6) is 5.75 Å². The first-order valence-electron chi connectivity index (χ1n) is 9.17. The Morgan fingerprint density at radius 3 is 2.39 bits per heavy atom. The van der Waals surface area contributed by atoms with Crippen LogP contribution in [0.1, 0.15) is 29.8 Å². The zero-order valence-corrected chi connectivity index (χ0v) is 16.4. The molecule has 2 N–H and O–H groups in total. The second-order valence-electron chi connectivity index (χ2n) is 5.94. The monoisotopic (exact) mass is 382 g/mol. The maximum absolute atomic E-state index is 12.1. The van der Waals surface area contributed by atoms with E-state index >= 15 is 0 Å². The molecular weight excluding hydrogens is 356 g/mol. The van der Waals surface area contributed by atoms with Gasteiger partial charge in [0.05, 0.1) is 25.4 Å². The molecule has 0 heterocycles. The Bertz CT molecular complexity index is 815. The highest BCUT2D eigenvalue weighted by Crippen LogP contribution is 2.16. The summed E-state index contributed by atoms with van der Waals surface area (Å²) in [4.78, 5) is 26.3. The first-order chi connectivity index (χ1) is 13.6. The topological polar surface area (TPSA) is 83.0 Å². The van der Waals surface area contributed by atoms with Crippen molar-refractivity contribution < 1.29 is 14.3 Å². The summed E-state index contributed by atoms with van der Waals surface area (Å²) in [5.41, 5.74) is 4.78. The lowest BCUT2D eigenvalue weighted by atomic mass is 10.2. The number of benzene rings is 2. The summed E-state index contributed by atoms with van der Waals surface area (Å²) in [5, 5.41) is 6.47. The maximum atomic E-state index is 12.1. The van der Waals surface area contributed by atoms with Gasteiger partial charge >= 0.3 is 0 Å². The lowest BCUT2D eigenvalue weighted by molar-refractivity contribution is -0.120. The largest absolute Gasteiger partial charge is 0.496 e. The predicted octanol–water partition coefficient (Wildman–Crippen LogP) is 2.42. The van der Waals surface area contributed by atoms with Crippen LogP contribution in [-0.4, -0.2) is 44.8 Å². The molecule has 2 aromatic carbocycles. The van der Waals surface area contributed by atoms with Gasteiger partial charge in [-0.3, -0.25) is 9.59 Å². The minimum atomic E-state index is -0.417. The fourth-order valence-electron chi connectivity index (χ4n) is 2.67. The van der Waals surface area contributed by atoms with Gasteiger partial charge < -0.3 is 15.0 Å². The van der Waals surface area contributed by atoms with Gasteiger partial charge in [-0.2, -0.15) is 5.10 Å². The third kappa shape index (κ3) is 5.84. The quantitative estimate of drug-likeness (QED) is 0.515. The molecule has 0 radical (unpaired) electrons. The molecule has 148 valence electrons. The van der Waals surface area contributed by atoms with Crippen LogP contribution < -0.4 is 20.4 Å². The van der Waals surface area contributed by atoms with Crippen molar-refractivity contribution in [2.45, 2.75) is 13.8 Å². The average molecular weight is 382 g/mol. The van der Waals surface area contributed by atoms with E-state index in [2.05, 4.69) is 34.6 Å². The number of methoxy groups -OCH3 is 1. The van der Waals surface area contributed by atoms with Crippen LogP contribution in [0.3, 0.4) is 0 Å². The van der Waals surface area contributed by atoms with Crippen LogP contribution in [-0.2, 0) is 4.79 Å². The third-order valence-corrected chi connectivity index (χ3v) is 4.19. The number of anilines is 1. The molecule has 0 spiro atoms. The normalized spacial score (nSPS) is 10.5. The molecular formula is C21H26N4O3. The molecule has 0 saturated carbocycles. The van der Waals surface area contributed by atoms with Crippen LogP contribution in [0, 0.1) is 0 Å². The number of carbonyl (C=O) groups is 2. The first kappa shape index (κ1) is 21.0. The van der Waals surface area contributed by atoms with Crippen LogP contribution in [0.15, 0.2) is 53.6 Å². The van der Waals surface area contributed by atoms with E-state index in [1.54, 1.807) is 30.5 Å². The molecule has 0 aliphatic carbocycles. The smallest absolute Gasteiger partial charge is 0.259 e. The average Bonchev–Trinajstić information content (AvgIpc) is 2.74. The van der Waals surface area contributed by atoms with Crippen LogP contribution in [0.2, 0.25) is 0 Å². The number of hydrazone groups is 1. The van der Waals surface area contributed by atoms with Gasteiger partial charge in [-0.15, -0.1) is 0 Å². The van der Waals surface area contributed by atoms with Crippen molar-refractivity contribution in [2.24, 2.45) is 5.10 Å². The number of amides is 2. The van der Waals surface area contributed by atoms with Crippen molar-refractivity contribution in [3.05, 3.63) is 59.7 Å². The number of hydrogen-bond acceptors (Lipinski definition) is 5. The van der Waals surface area contributed by atoms with Crippen LogP contribution in [0.4, 0.5) is 5.69 Å². The summed E-state index contributed by atoms with van der Waals surface area (Å²) in [6.07, 6.45) is 1.56. The molecule has 0 bridgehead atoms. The molecule has 0 unspecified atom stereocenters. The highest BCUT2D eigenvalue weighted by molar-refractivity contribution is 5.98. The third-order valence-electron chi connectivity index (χ3n) is 4.19. The molecule has 7 heteroatoms. The summed E-state index contributed by atoms with van der Waals surface area (Å²) in [5.74, 6) is -0.352. The van der Waals surface area contributed by atoms with E-state index < -0.39 is 5.91 Å². The summed E-state index contributed by atoms with van der Waals surface area (Å²) in [7, 11) is 1.49. The summed E-state index contributed by atoms with van der Waals surface area (Å²) >= 11 is 0. The zero-order chi connectivity index (χ0) is 20.4. The van der Waals surface area contributed by atoms with E-state index in [1.165, 1.54) is 7.11 Å². The Morgan fingerprint density at radius 2 is 1.75 bits per heavy atom. The molecule has 0 saturated heterocycles. The number of nitrogens with one attached hydrogen (secondary N) is 2. The van der Waals surface area contributed by atoms with Gasteiger partial charge in [0.15, 0.2) is 0 Å². The van der Waals surface area contributed by atoms with E-state index in [-0.39, 0.29) is 12.5 Å². The Kier molecular flexibility index (Phi) is 8.02. The Hall–Kier alpha value is -3.35. The number of hydrogen-bond donors (Lipinski definition) is 2. The summed E-state index contributed by atoms with van der Waals surface area (Å²) in [6.45, 7) is 5.93. The van der Waals surface area contributed by atoms with E-state index in [4.69, 9.17) is 4.74 Å². The second-order valence-corrected chi connectivity index (χ2v) is 5.94. The van der Waals surface area contributed by atoms with Crippen molar-refractivity contribution in [1.29, 1.82) is 0 Å². The van der Waals surface area contributed by atoms with Gasteiger partial charge in [0.25, 0.3) is 11.8 Å². The van der Waals surface area contributed by atoms with E-state index in [0.29, 0.717) is 11.3 Å². The highest BCUT2D eigenvalue weighted by atomic mass is 16.5. The lowest BCUT2D eigenvalue weighted by Gasteiger charge is -2.20. The fourth-order valence-corrected chi connectivity index (χ4v) is 2.67. The summed E-state index contributed by atoms with van der Waals surface area (Å²) in [6, 6.07) is 14.7. The fraction of sp³-hybridized carbons (Fsp3) is 0.286. The van der Waals surface area contributed by atoms with Crippen molar-refractivity contribution in [1.82, 2.24) is 10.7 Å². The van der Waals surface area contributed by atoms with E-state index in [9.17, 15) is 9.59 Å². The molecule has 7 nitrogen and oxygen atoms in total. The molecule has 0 aromatic heterocycles. The van der Waals surface area contributed by atoms with Crippen LogP contribution in [0.25, 0.3) is 0 Å². The molecule has 28 heavy (non-hydrogen) atoms. The molecule has 0 aliphatic heterocycles. The van der Waals surface area contributed by atoms with Gasteiger partial charge in [0.1, 0.15) is 5.75 Å². The van der Waals surface area contributed by atoms with Gasteiger partial charge in [0, 0.05) is 18.8 Å². The highest BCUT2D eigenvalue weighted by Gasteiger charge is 2.12. The standard InChI is InChI=1S/C21H26N4O3/c1-4-25(5-2)17-12-10-16(11-13-17)14-23-24-20(26)15-22-21(27)18-8-6-7-9-19(18)28-3/h6-14H,4-5,15H2,1-3H3,(H,22,27)(H,24,26). The van der Waals surface area contributed by atoms with Gasteiger partial charge in [-0.1, -0.05) is 24.3 Å². The van der Waals surface area contributed by atoms with Crippen molar-refractivity contribution in [3.63, 3.8) is 0 Å². The van der Waals surface area contributed by atoms with E-state index in [0.717, 1.165) is 24.3 Å². The number of ether oxygens (including phenoxy) is 1. The minimum Gasteiger partial charge on any atom is -0.496 e.